The van der Waals surface area contributed by atoms with E-state index in [0.717, 1.165) is 4.57 Å². The van der Waals surface area contributed by atoms with Gasteiger partial charge >= 0.3 is 5.69 Å². The zero-order valence-corrected chi connectivity index (χ0v) is 9.77. The molecule has 0 fully saturated rings. The number of ether oxygens (including phenoxy) is 1. The van der Waals surface area contributed by atoms with E-state index in [1.54, 1.807) is 0 Å². The fourth-order valence-electron chi connectivity index (χ4n) is 1.39. The number of aliphatic hydroxyl groups is 3. The SMILES string of the molecule is Nc1ccn([C@@H](CCO)OC(CO)CO)c(=O)n1. The molecule has 0 radical (unpaired) electrons. The highest BCUT2D eigenvalue weighted by molar-refractivity contribution is 5.23. The normalized spacial score (nSPS) is 12.9. The molecule has 18 heavy (non-hydrogen) atoms. The molecular weight excluding hydrogens is 242 g/mol. The van der Waals surface area contributed by atoms with Crippen LogP contribution in [0.25, 0.3) is 0 Å². The van der Waals surface area contributed by atoms with Crippen LogP contribution in [0.5, 0.6) is 0 Å². The second-order valence-corrected chi connectivity index (χ2v) is 3.63. The number of nitrogens with two attached hydrogens (primary N) is 1. The van der Waals surface area contributed by atoms with Gasteiger partial charge in [-0.25, -0.2) is 4.79 Å². The Kier molecular flexibility index (Phi) is 5.72. The van der Waals surface area contributed by atoms with E-state index in [0.29, 0.717) is 0 Å². The number of nitrogens with zero attached hydrogens (tertiary/aromatic N) is 2. The summed E-state index contributed by atoms with van der Waals surface area (Å²) in [7, 11) is 0. The summed E-state index contributed by atoms with van der Waals surface area (Å²) in [5.41, 5.74) is 4.74. The molecule has 0 aliphatic heterocycles. The number of anilines is 1. The highest BCUT2D eigenvalue weighted by Crippen LogP contribution is 2.13. The summed E-state index contributed by atoms with van der Waals surface area (Å²) in [6.45, 7) is -1.00. The third kappa shape index (κ3) is 3.77. The van der Waals surface area contributed by atoms with Crippen molar-refractivity contribution in [2.24, 2.45) is 0 Å². The number of nitrogen functional groups attached to an aromatic ring is 1. The third-order valence-corrected chi connectivity index (χ3v) is 2.29. The van der Waals surface area contributed by atoms with Crippen molar-refractivity contribution in [3.05, 3.63) is 22.7 Å². The van der Waals surface area contributed by atoms with Gasteiger partial charge in [-0.1, -0.05) is 0 Å². The Balaban J connectivity index is 2.93. The fraction of sp³-hybridized carbons (Fsp3) is 0.600. The largest absolute Gasteiger partial charge is 0.396 e. The molecule has 0 unspecified atom stereocenters. The molecule has 1 atom stereocenters. The Labute approximate surface area is 103 Å². The van der Waals surface area contributed by atoms with Crippen molar-refractivity contribution in [3.8, 4) is 0 Å². The number of rotatable bonds is 7. The lowest BCUT2D eigenvalue weighted by atomic mass is 10.3. The number of aliphatic hydroxyl groups excluding tert-OH is 3. The Morgan fingerprint density at radius 2 is 2.06 bits per heavy atom. The van der Waals surface area contributed by atoms with E-state index in [1.807, 2.05) is 0 Å². The van der Waals surface area contributed by atoms with E-state index in [2.05, 4.69) is 4.98 Å². The van der Waals surface area contributed by atoms with Gasteiger partial charge in [0.15, 0.2) is 0 Å². The van der Waals surface area contributed by atoms with Gasteiger partial charge in [0, 0.05) is 19.2 Å². The molecule has 5 N–H and O–H groups in total. The second-order valence-electron chi connectivity index (χ2n) is 3.63. The van der Waals surface area contributed by atoms with Crippen molar-refractivity contribution in [1.29, 1.82) is 0 Å². The van der Waals surface area contributed by atoms with Gasteiger partial charge in [-0.05, 0) is 6.07 Å². The van der Waals surface area contributed by atoms with Crippen molar-refractivity contribution in [2.45, 2.75) is 18.8 Å². The standard InChI is InChI=1S/C10H17N3O5/c11-8-1-3-13(10(17)12-8)9(2-4-14)18-7(5-15)6-16/h1,3,7,9,14-16H,2,4-6H2,(H2,11,12,17)/t9-/m1/s1. The lowest BCUT2D eigenvalue weighted by Crippen LogP contribution is -2.34. The first-order valence-corrected chi connectivity index (χ1v) is 5.45. The van der Waals surface area contributed by atoms with Crippen LogP contribution in [0.4, 0.5) is 5.82 Å². The number of hydrogen-bond donors (Lipinski definition) is 4. The Morgan fingerprint density at radius 3 is 2.56 bits per heavy atom. The van der Waals surface area contributed by atoms with Gasteiger partial charge in [0.05, 0.1) is 13.2 Å². The summed E-state index contributed by atoms with van der Waals surface area (Å²) in [6.07, 6.45) is -0.135. The van der Waals surface area contributed by atoms with Crippen molar-refractivity contribution in [3.63, 3.8) is 0 Å². The average Bonchev–Trinajstić information content (AvgIpc) is 2.35. The number of hydrogen-bond acceptors (Lipinski definition) is 7. The van der Waals surface area contributed by atoms with E-state index in [1.165, 1.54) is 12.3 Å². The maximum atomic E-state index is 11.6. The van der Waals surface area contributed by atoms with Crippen molar-refractivity contribution >= 4 is 5.82 Å². The van der Waals surface area contributed by atoms with Crippen LogP contribution in [-0.2, 0) is 4.74 Å². The first-order chi connectivity index (χ1) is 8.62. The van der Waals surface area contributed by atoms with Crippen LogP contribution >= 0.6 is 0 Å². The van der Waals surface area contributed by atoms with Gasteiger partial charge < -0.3 is 25.8 Å². The molecular formula is C10H17N3O5. The first-order valence-electron chi connectivity index (χ1n) is 5.45. The predicted molar refractivity (Wildman–Crippen MR) is 62.7 cm³/mol. The van der Waals surface area contributed by atoms with Crippen LogP contribution in [0.1, 0.15) is 12.6 Å². The van der Waals surface area contributed by atoms with Gasteiger partial charge in [0.25, 0.3) is 0 Å². The van der Waals surface area contributed by atoms with Gasteiger partial charge in [-0.2, -0.15) is 4.98 Å². The molecule has 1 heterocycles. The highest BCUT2D eigenvalue weighted by atomic mass is 16.5. The average molecular weight is 259 g/mol. The molecule has 102 valence electrons. The van der Waals surface area contributed by atoms with Crippen molar-refractivity contribution in [2.75, 3.05) is 25.6 Å². The molecule has 0 spiro atoms. The highest BCUT2D eigenvalue weighted by Gasteiger charge is 2.18. The Bertz CT molecular complexity index is 418. The minimum Gasteiger partial charge on any atom is -0.396 e. The third-order valence-electron chi connectivity index (χ3n) is 2.29. The maximum Gasteiger partial charge on any atom is 0.351 e. The Hall–Kier alpha value is -1.48. The molecule has 0 bridgehead atoms. The van der Waals surface area contributed by atoms with Crippen LogP contribution in [0.3, 0.4) is 0 Å². The topological polar surface area (TPSA) is 131 Å². The fourth-order valence-corrected chi connectivity index (χ4v) is 1.39. The van der Waals surface area contributed by atoms with Crippen LogP contribution in [0.2, 0.25) is 0 Å². The van der Waals surface area contributed by atoms with Gasteiger partial charge in [-0.15, -0.1) is 0 Å². The maximum absolute atomic E-state index is 11.6. The summed E-state index contributed by atoms with van der Waals surface area (Å²) in [4.78, 5) is 15.1. The van der Waals surface area contributed by atoms with Crippen molar-refractivity contribution in [1.82, 2.24) is 9.55 Å². The second kappa shape index (κ2) is 7.07. The lowest BCUT2D eigenvalue weighted by Gasteiger charge is -2.23. The predicted octanol–water partition coefficient (Wildman–Crippen LogP) is -1.92. The summed E-state index contributed by atoms with van der Waals surface area (Å²) < 4.78 is 6.46. The zero-order valence-electron chi connectivity index (χ0n) is 9.77. The van der Waals surface area contributed by atoms with E-state index in [4.69, 9.17) is 25.8 Å². The summed E-state index contributed by atoms with van der Waals surface area (Å²) in [5.74, 6) is 0.0832. The summed E-state index contributed by atoms with van der Waals surface area (Å²) in [5, 5.41) is 26.8. The molecule has 0 saturated heterocycles. The molecule has 0 aromatic carbocycles. The van der Waals surface area contributed by atoms with Crippen molar-refractivity contribution < 1.29 is 20.1 Å². The lowest BCUT2D eigenvalue weighted by molar-refractivity contribution is -0.102. The quantitative estimate of drug-likeness (QED) is 0.448. The molecule has 0 saturated carbocycles. The minimum atomic E-state index is -0.828. The molecule has 8 heteroatoms. The van der Waals surface area contributed by atoms with Crippen LogP contribution < -0.4 is 11.4 Å². The summed E-state index contributed by atoms with van der Waals surface area (Å²) in [6, 6.07) is 1.42. The summed E-state index contributed by atoms with van der Waals surface area (Å²) >= 11 is 0. The number of aromatic nitrogens is 2. The molecule has 1 aromatic heterocycles. The van der Waals surface area contributed by atoms with E-state index in [9.17, 15) is 4.79 Å². The Morgan fingerprint density at radius 1 is 1.39 bits per heavy atom. The van der Waals surface area contributed by atoms with E-state index in [-0.39, 0.29) is 18.8 Å². The molecule has 0 aliphatic carbocycles. The van der Waals surface area contributed by atoms with E-state index >= 15 is 0 Å². The van der Waals surface area contributed by atoms with Gasteiger partial charge in [0.1, 0.15) is 18.1 Å². The van der Waals surface area contributed by atoms with Crippen LogP contribution in [-0.4, -0.2) is 50.8 Å². The molecule has 0 aliphatic rings. The molecule has 0 amide bonds. The van der Waals surface area contributed by atoms with Gasteiger partial charge in [0.2, 0.25) is 0 Å². The molecule has 8 nitrogen and oxygen atoms in total. The zero-order chi connectivity index (χ0) is 13.5. The smallest absolute Gasteiger partial charge is 0.351 e. The first kappa shape index (κ1) is 14.6. The monoisotopic (exact) mass is 259 g/mol. The van der Waals surface area contributed by atoms with E-state index < -0.39 is 31.2 Å². The van der Waals surface area contributed by atoms with Crippen LogP contribution in [0, 0.1) is 0 Å². The molecule has 1 aromatic rings. The minimum absolute atomic E-state index is 0.0832. The van der Waals surface area contributed by atoms with Gasteiger partial charge in [-0.3, -0.25) is 4.57 Å². The molecule has 1 rings (SSSR count). The van der Waals surface area contributed by atoms with Crippen LogP contribution in [0.15, 0.2) is 17.1 Å².